The lowest BCUT2D eigenvalue weighted by Gasteiger charge is -2.33. The van der Waals surface area contributed by atoms with Crippen LogP contribution in [0.25, 0.3) is 0 Å². The van der Waals surface area contributed by atoms with E-state index in [1.807, 2.05) is 20.8 Å². The zero-order chi connectivity index (χ0) is 10.1. The van der Waals surface area contributed by atoms with Crippen molar-refractivity contribution in [3.63, 3.8) is 0 Å². The molecule has 0 unspecified atom stereocenters. The van der Waals surface area contributed by atoms with Crippen molar-refractivity contribution < 1.29 is 9.53 Å². The van der Waals surface area contributed by atoms with E-state index in [0.717, 1.165) is 12.8 Å². The van der Waals surface area contributed by atoms with E-state index < -0.39 is 5.60 Å². The minimum atomic E-state index is -0.421. The first kappa shape index (κ1) is 13.5. The van der Waals surface area contributed by atoms with Gasteiger partial charge >= 0.3 is 6.09 Å². The van der Waals surface area contributed by atoms with E-state index in [4.69, 9.17) is 10.5 Å². The van der Waals surface area contributed by atoms with Crippen molar-refractivity contribution in [1.29, 1.82) is 0 Å². The van der Waals surface area contributed by atoms with Crippen LogP contribution in [0.5, 0.6) is 0 Å². The molecule has 0 atom stereocenters. The average molecular weight is 223 g/mol. The Bertz CT molecular complexity index is 197. The lowest BCUT2D eigenvalue weighted by molar-refractivity contribution is 0.0473. The number of hydrogen-bond donors (Lipinski definition) is 2. The largest absolute Gasteiger partial charge is 0.444 e. The minimum absolute atomic E-state index is 0. The van der Waals surface area contributed by atoms with Crippen LogP contribution in [0.2, 0.25) is 0 Å². The Balaban J connectivity index is 0.00000169. The summed E-state index contributed by atoms with van der Waals surface area (Å²) in [5, 5.41) is 2.76. The molecular weight excluding hydrogens is 204 g/mol. The first-order valence-corrected chi connectivity index (χ1v) is 4.62. The van der Waals surface area contributed by atoms with Crippen LogP contribution < -0.4 is 11.1 Å². The van der Waals surface area contributed by atoms with E-state index in [2.05, 4.69) is 5.32 Å². The molecule has 1 aliphatic rings. The molecular formula is C9H19ClN2O2. The van der Waals surface area contributed by atoms with Gasteiger partial charge in [0.05, 0.1) is 0 Å². The van der Waals surface area contributed by atoms with Gasteiger partial charge in [0.25, 0.3) is 0 Å². The topological polar surface area (TPSA) is 64.3 Å². The molecule has 14 heavy (non-hydrogen) atoms. The molecule has 0 bridgehead atoms. The highest BCUT2D eigenvalue weighted by Crippen LogP contribution is 2.18. The first-order valence-electron chi connectivity index (χ1n) is 4.62. The fourth-order valence-electron chi connectivity index (χ4n) is 1.25. The monoisotopic (exact) mass is 222 g/mol. The SMILES string of the molecule is CC(C)(C)OC(=O)N[C@H]1C[C@H](N)C1.Cl. The van der Waals surface area contributed by atoms with E-state index in [0.29, 0.717) is 0 Å². The fourth-order valence-corrected chi connectivity index (χ4v) is 1.25. The number of carbonyl (C=O) groups excluding carboxylic acids is 1. The van der Waals surface area contributed by atoms with Crippen LogP contribution in [0.15, 0.2) is 0 Å². The Morgan fingerprint density at radius 3 is 2.29 bits per heavy atom. The van der Waals surface area contributed by atoms with Gasteiger partial charge in [-0.3, -0.25) is 0 Å². The summed E-state index contributed by atoms with van der Waals surface area (Å²) in [6, 6.07) is 0.463. The quantitative estimate of drug-likeness (QED) is 0.706. The summed E-state index contributed by atoms with van der Waals surface area (Å²) in [4.78, 5) is 11.2. The molecule has 1 aliphatic carbocycles. The second-order valence-electron chi connectivity index (χ2n) is 4.57. The maximum Gasteiger partial charge on any atom is 0.407 e. The normalized spacial score (nSPS) is 25.7. The number of carbonyl (C=O) groups is 1. The Hall–Kier alpha value is -0.480. The van der Waals surface area contributed by atoms with Crippen LogP contribution in [0.1, 0.15) is 33.6 Å². The number of nitrogens with two attached hydrogens (primary N) is 1. The van der Waals surface area contributed by atoms with Crippen molar-refractivity contribution >= 4 is 18.5 Å². The van der Waals surface area contributed by atoms with Crippen LogP contribution in [0.4, 0.5) is 4.79 Å². The molecule has 84 valence electrons. The molecule has 4 nitrogen and oxygen atoms in total. The molecule has 5 heteroatoms. The van der Waals surface area contributed by atoms with Gasteiger partial charge < -0.3 is 15.8 Å². The summed E-state index contributed by atoms with van der Waals surface area (Å²) in [5.74, 6) is 0. The summed E-state index contributed by atoms with van der Waals surface area (Å²) < 4.78 is 5.09. The number of hydrogen-bond acceptors (Lipinski definition) is 3. The number of amides is 1. The highest BCUT2D eigenvalue weighted by molar-refractivity contribution is 5.85. The Morgan fingerprint density at radius 2 is 1.93 bits per heavy atom. The van der Waals surface area contributed by atoms with E-state index in [1.165, 1.54) is 0 Å². The number of alkyl carbamates (subject to hydrolysis) is 1. The average Bonchev–Trinajstić information content (AvgIpc) is 1.79. The van der Waals surface area contributed by atoms with Crippen LogP contribution in [-0.2, 0) is 4.74 Å². The number of rotatable bonds is 1. The minimum Gasteiger partial charge on any atom is -0.444 e. The summed E-state index contributed by atoms with van der Waals surface area (Å²) in [5.41, 5.74) is 5.16. The van der Waals surface area contributed by atoms with E-state index in [9.17, 15) is 4.79 Å². The van der Waals surface area contributed by atoms with Gasteiger partial charge in [-0.1, -0.05) is 0 Å². The van der Waals surface area contributed by atoms with Gasteiger partial charge in [-0.05, 0) is 33.6 Å². The molecule has 1 rings (SSSR count). The van der Waals surface area contributed by atoms with Gasteiger partial charge in [-0.25, -0.2) is 4.79 Å². The smallest absolute Gasteiger partial charge is 0.407 e. The molecule has 1 amide bonds. The van der Waals surface area contributed by atoms with Crippen LogP contribution in [-0.4, -0.2) is 23.8 Å². The van der Waals surface area contributed by atoms with Crippen LogP contribution in [0.3, 0.4) is 0 Å². The molecule has 0 saturated heterocycles. The molecule has 3 N–H and O–H groups in total. The van der Waals surface area contributed by atoms with E-state index >= 15 is 0 Å². The molecule has 0 aromatic carbocycles. The highest BCUT2D eigenvalue weighted by atomic mass is 35.5. The van der Waals surface area contributed by atoms with Crippen LogP contribution >= 0.6 is 12.4 Å². The third kappa shape index (κ3) is 4.67. The molecule has 0 radical (unpaired) electrons. The van der Waals surface area contributed by atoms with Crippen LogP contribution in [0, 0.1) is 0 Å². The Kier molecular flexibility index (Phi) is 4.68. The Morgan fingerprint density at radius 1 is 1.43 bits per heavy atom. The lowest BCUT2D eigenvalue weighted by Crippen LogP contribution is -2.51. The molecule has 0 aromatic heterocycles. The maximum absolute atomic E-state index is 11.2. The van der Waals surface area contributed by atoms with E-state index in [-0.39, 0.29) is 30.6 Å². The number of ether oxygens (including phenoxy) is 1. The van der Waals surface area contributed by atoms with Crippen molar-refractivity contribution in [2.24, 2.45) is 5.73 Å². The third-order valence-corrected chi connectivity index (χ3v) is 1.90. The van der Waals surface area contributed by atoms with E-state index in [1.54, 1.807) is 0 Å². The second kappa shape index (κ2) is 4.84. The summed E-state index contributed by atoms with van der Waals surface area (Å²) in [7, 11) is 0. The molecule has 1 fully saturated rings. The fraction of sp³-hybridized carbons (Fsp3) is 0.889. The van der Waals surface area contributed by atoms with Gasteiger partial charge in [0.1, 0.15) is 5.60 Å². The zero-order valence-electron chi connectivity index (χ0n) is 8.87. The molecule has 0 heterocycles. The van der Waals surface area contributed by atoms with Crippen molar-refractivity contribution in [3.05, 3.63) is 0 Å². The third-order valence-electron chi connectivity index (χ3n) is 1.90. The summed E-state index contributed by atoms with van der Waals surface area (Å²) in [6.07, 6.45) is 1.38. The Labute approximate surface area is 91.0 Å². The lowest BCUT2D eigenvalue weighted by atomic mass is 9.88. The summed E-state index contributed by atoms with van der Waals surface area (Å²) in [6.45, 7) is 5.54. The predicted molar refractivity (Wildman–Crippen MR) is 57.6 cm³/mol. The molecule has 0 aliphatic heterocycles. The molecule has 1 saturated carbocycles. The predicted octanol–water partition coefficient (Wildman–Crippen LogP) is 1.42. The van der Waals surface area contributed by atoms with Gasteiger partial charge in [0.15, 0.2) is 0 Å². The number of halogens is 1. The van der Waals surface area contributed by atoms with Crippen molar-refractivity contribution in [2.45, 2.75) is 51.3 Å². The van der Waals surface area contributed by atoms with Gasteiger partial charge in [-0.2, -0.15) is 0 Å². The number of nitrogens with one attached hydrogen (secondary N) is 1. The molecule has 0 aromatic rings. The van der Waals surface area contributed by atoms with Gasteiger partial charge in [0, 0.05) is 12.1 Å². The zero-order valence-corrected chi connectivity index (χ0v) is 9.69. The van der Waals surface area contributed by atoms with Crippen molar-refractivity contribution in [2.75, 3.05) is 0 Å². The summed E-state index contributed by atoms with van der Waals surface area (Å²) >= 11 is 0. The van der Waals surface area contributed by atoms with Crippen molar-refractivity contribution in [1.82, 2.24) is 5.32 Å². The second-order valence-corrected chi connectivity index (χ2v) is 4.57. The molecule has 0 spiro atoms. The van der Waals surface area contributed by atoms with Gasteiger partial charge in [0.2, 0.25) is 0 Å². The highest BCUT2D eigenvalue weighted by Gasteiger charge is 2.28. The van der Waals surface area contributed by atoms with Gasteiger partial charge in [-0.15, -0.1) is 12.4 Å². The maximum atomic E-state index is 11.2. The standard InChI is InChI=1S/C9H18N2O2.ClH/c1-9(2,3)13-8(12)11-7-4-6(10)5-7;/h6-7H,4-5,10H2,1-3H3,(H,11,12);1H/t6-,7-;. The first-order chi connectivity index (χ1) is 5.87. The van der Waals surface area contributed by atoms with Crippen molar-refractivity contribution in [3.8, 4) is 0 Å².